The molecule has 2 heterocycles. The summed E-state index contributed by atoms with van der Waals surface area (Å²) >= 11 is 8.40. The highest BCUT2D eigenvalue weighted by Gasteiger charge is 2.39. The average Bonchev–Trinajstić information content (AvgIpc) is 1.69. The van der Waals surface area contributed by atoms with Crippen molar-refractivity contribution in [3.05, 3.63) is 102 Å². The van der Waals surface area contributed by atoms with Gasteiger partial charge >= 0.3 is 5.97 Å². The van der Waals surface area contributed by atoms with Gasteiger partial charge in [-0.1, -0.05) is 62.4 Å². The van der Waals surface area contributed by atoms with Crippen molar-refractivity contribution >= 4 is 148 Å². The first-order chi connectivity index (χ1) is 52.0. The zero-order valence-electron chi connectivity index (χ0n) is 60.5. The van der Waals surface area contributed by atoms with Gasteiger partial charge in [0.1, 0.15) is 72.2 Å². The van der Waals surface area contributed by atoms with Crippen molar-refractivity contribution in [3.8, 4) is 5.75 Å². The molecule has 0 saturated carbocycles. The van der Waals surface area contributed by atoms with E-state index in [0.29, 0.717) is 38.5 Å². The number of rotatable bonds is 46. The molecule has 0 radical (unpaired) electrons. The van der Waals surface area contributed by atoms with Gasteiger partial charge in [-0.05, 0) is 79.5 Å². The summed E-state index contributed by atoms with van der Waals surface area (Å²) in [6.45, 7) is 5.10. The number of hydrogen-bond donors (Lipinski definition) is 23. The fourth-order valence-corrected chi connectivity index (χ4v) is 11.8. The fourth-order valence-electron chi connectivity index (χ4n) is 11.2. The van der Waals surface area contributed by atoms with Crippen LogP contribution in [0.15, 0.2) is 85.2 Å². The van der Waals surface area contributed by atoms with E-state index in [1.165, 1.54) is 30.5 Å². The number of hydrogen-bond acceptors (Lipinski definition) is 21. The van der Waals surface area contributed by atoms with Gasteiger partial charge in [-0.25, -0.2) is 0 Å². The number of fused-ring (bicyclic) bond motifs is 2. The number of thiol groups is 2. The summed E-state index contributed by atoms with van der Waals surface area (Å²) in [5.41, 5.74) is 23.8. The number of nitrogens with one attached hydrogen (secondary N) is 14. The second-order valence-corrected chi connectivity index (χ2v) is 27.1. The number of aromatic nitrogens is 2. The Labute approximate surface area is 640 Å². The minimum absolute atomic E-state index is 0.134. The number of carbonyl (C=O) groups excluding carboxylic acids is 16. The molecule has 0 bridgehead atoms. The maximum Gasteiger partial charge on any atom is 0.303 e. The molecule has 596 valence electrons. The lowest BCUT2D eigenvalue weighted by Gasteiger charge is -2.28. The van der Waals surface area contributed by atoms with Crippen LogP contribution < -0.4 is 86.7 Å². The number of aromatic amines is 2. The SMILES string of the molecule is CC(=O)N[C@@H](CS)C(=O)N[C@@H](CCC(N)=O)C(=O)N[C@H](C(=O)N[C@@H](Cc1c[nH]c2ccccc12)C(=O)N[C@@H](CC(N)=O)C(=O)N[C@@H](CS)C(=O)N[C@@H](Cc1ccc(O)cc1)C(=O)N[C@@H](Cc1c[nH]c2ccccc12)C(=O)N[C@@H](CCC(C)C)C(=O)N[C@@H](CCC(=O)O)C(=O)N[C@@H](CC(N)=O)C(=O)NCC(N)=O)[C@@H](C)O. The van der Waals surface area contributed by atoms with E-state index in [2.05, 4.69) is 99.0 Å². The van der Waals surface area contributed by atoms with Gasteiger partial charge in [0.05, 0.1) is 25.5 Å². The number of carboxylic acid groups (broad SMARTS) is 1. The van der Waals surface area contributed by atoms with Gasteiger partial charge in [-0.3, -0.25) is 81.5 Å². The number of para-hydroxylation sites is 2. The third-order valence-electron chi connectivity index (χ3n) is 17.0. The quantitative estimate of drug-likeness (QED) is 0.0162. The Hall–Kier alpha value is -11.8. The Morgan fingerprint density at radius 2 is 0.782 bits per heavy atom. The smallest absolute Gasteiger partial charge is 0.303 e. The van der Waals surface area contributed by atoms with Crippen LogP contribution in [0, 0.1) is 5.92 Å². The lowest BCUT2D eigenvalue weighted by atomic mass is 9.99. The molecule has 0 unspecified atom stereocenters. The van der Waals surface area contributed by atoms with Gasteiger partial charge in [-0.15, -0.1) is 0 Å². The first-order valence-electron chi connectivity index (χ1n) is 34.7. The van der Waals surface area contributed by atoms with E-state index < -0.39 is 237 Å². The number of nitrogens with two attached hydrogens (primary N) is 4. The molecule has 40 heteroatoms. The molecule has 38 nitrogen and oxygen atoms in total. The summed E-state index contributed by atoms with van der Waals surface area (Å²) < 4.78 is 0. The van der Waals surface area contributed by atoms with E-state index in [1.54, 1.807) is 68.6 Å². The Bertz CT molecular complexity index is 4170. The lowest BCUT2D eigenvalue weighted by molar-refractivity contribution is -0.139. The summed E-state index contributed by atoms with van der Waals surface area (Å²) in [4.78, 5) is 235. The number of primary amides is 4. The molecule has 16 amide bonds. The second kappa shape index (κ2) is 43.3. The molecular formula is C70H94N18O20S2. The number of phenols is 1. The van der Waals surface area contributed by atoms with Crippen LogP contribution in [0.5, 0.6) is 5.75 Å². The molecule has 25 N–H and O–H groups in total. The van der Waals surface area contributed by atoms with Crippen LogP contribution >= 0.6 is 25.3 Å². The van der Waals surface area contributed by atoms with Crippen LogP contribution in [-0.2, 0) is 101 Å². The standard InChI is InChI=1S/C70H94N18O20S2/c1-33(2)13-18-44(61(99)79-46(20-22-58(96)97)62(100)84-50(26-55(72)93)60(98)77-30-57(74)95)80-65(103)48(24-37-28-75-42-11-7-5-9-40(37)42)83-64(102)47(23-36-14-16-39(91)17-15-36)82-69(107)53(32-110)87-67(105)51(27-56(73)94)85-66(104)49(25-38-29-76-43-12-8-6-10-41(38)43)86-70(108)59(34(3)89)88-63(101)45(19-21-54(71)92)81-68(106)52(31-109)78-35(4)90/h5-12,14-17,28-29,33-34,44-53,59,75-76,89,91,109-110H,13,18-27,30-32H2,1-4H3,(H2,71,92)(H2,72,93)(H2,73,94)(H2,74,95)(H,77,98)(H,78,90)(H,79,99)(H,80,103)(H,81,106)(H,82,107)(H,83,102)(H,84,100)(H,85,104)(H,86,108)(H,87,105)(H,88,101)(H,96,97)/t34-,44+,45+,46+,47+,48+,49+,50+,51+,52+,53+,59+/m1/s1. The highest BCUT2D eigenvalue weighted by Crippen LogP contribution is 2.23. The summed E-state index contributed by atoms with van der Waals surface area (Å²) in [5.74, 6) is -19.5. The molecule has 110 heavy (non-hydrogen) atoms. The minimum atomic E-state index is -1.97. The Morgan fingerprint density at radius 3 is 1.21 bits per heavy atom. The molecule has 5 rings (SSSR count). The average molecular weight is 1570 g/mol. The summed E-state index contributed by atoms with van der Waals surface area (Å²) in [5, 5.41) is 61.0. The number of aliphatic hydroxyl groups excluding tert-OH is 1. The maximum atomic E-state index is 15.1. The van der Waals surface area contributed by atoms with Crippen molar-refractivity contribution in [3.63, 3.8) is 0 Å². The molecule has 0 saturated heterocycles. The molecule has 0 fully saturated rings. The molecule has 0 spiro atoms. The summed E-state index contributed by atoms with van der Waals surface area (Å²) in [6.07, 6.45) is -3.73. The van der Waals surface area contributed by atoms with Gasteiger partial charge in [0.25, 0.3) is 0 Å². The van der Waals surface area contributed by atoms with Gasteiger partial charge in [0.15, 0.2) is 0 Å². The zero-order chi connectivity index (χ0) is 81.6. The van der Waals surface area contributed by atoms with Crippen molar-refractivity contribution in [2.75, 3.05) is 18.1 Å². The molecule has 0 aliphatic rings. The van der Waals surface area contributed by atoms with E-state index in [4.69, 9.17) is 22.9 Å². The number of carbonyl (C=O) groups is 17. The van der Waals surface area contributed by atoms with E-state index in [0.717, 1.165) is 13.8 Å². The van der Waals surface area contributed by atoms with Crippen molar-refractivity contribution in [1.82, 2.24) is 73.8 Å². The molecule has 0 aliphatic heterocycles. The van der Waals surface area contributed by atoms with Crippen LogP contribution in [-0.4, -0.2) is 216 Å². The van der Waals surface area contributed by atoms with E-state index in [-0.39, 0.29) is 36.7 Å². The number of aliphatic hydroxyl groups is 1. The monoisotopic (exact) mass is 1570 g/mol. The van der Waals surface area contributed by atoms with Crippen molar-refractivity contribution < 1.29 is 96.8 Å². The molecule has 2 aromatic heterocycles. The van der Waals surface area contributed by atoms with Gasteiger partial charge in [0.2, 0.25) is 94.5 Å². The third-order valence-corrected chi connectivity index (χ3v) is 17.7. The fraction of sp³-hybridized carbons (Fsp3) is 0.443. The lowest BCUT2D eigenvalue weighted by Crippen LogP contribution is -2.62. The number of aromatic hydroxyl groups is 1. The van der Waals surface area contributed by atoms with Crippen molar-refractivity contribution in [1.29, 1.82) is 0 Å². The molecule has 5 aromatic rings. The summed E-state index contributed by atoms with van der Waals surface area (Å²) in [7, 11) is 0. The van der Waals surface area contributed by atoms with Crippen LogP contribution in [0.3, 0.4) is 0 Å². The van der Waals surface area contributed by atoms with Crippen molar-refractivity contribution in [2.45, 2.75) is 171 Å². The third kappa shape index (κ3) is 28.7. The van der Waals surface area contributed by atoms with Crippen LogP contribution in [0.1, 0.15) is 95.8 Å². The Morgan fingerprint density at radius 1 is 0.409 bits per heavy atom. The predicted molar refractivity (Wildman–Crippen MR) is 401 cm³/mol. The van der Waals surface area contributed by atoms with E-state index in [1.807, 2.05) is 0 Å². The second-order valence-electron chi connectivity index (χ2n) is 26.3. The first-order valence-corrected chi connectivity index (χ1v) is 35.9. The van der Waals surface area contributed by atoms with Gasteiger partial charge in [0, 0.05) is 84.7 Å². The highest BCUT2D eigenvalue weighted by atomic mass is 32.1. The number of H-pyrrole nitrogens is 2. The number of amides is 16. The van der Waals surface area contributed by atoms with E-state index in [9.17, 15) is 87.2 Å². The predicted octanol–water partition coefficient (Wildman–Crippen LogP) is -5.11. The van der Waals surface area contributed by atoms with Gasteiger partial charge in [-0.2, -0.15) is 25.3 Å². The molecule has 12 atom stereocenters. The largest absolute Gasteiger partial charge is 0.508 e. The minimum Gasteiger partial charge on any atom is -0.508 e. The van der Waals surface area contributed by atoms with Crippen LogP contribution in [0.2, 0.25) is 0 Å². The van der Waals surface area contributed by atoms with Crippen LogP contribution in [0.4, 0.5) is 0 Å². The molecule has 0 aliphatic carbocycles. The van der Waals surface area contributed by atoms with E-state index >= 15 is 9.59 Å². The zero-order valence-corrected chi connectivity index (χ0v) is 62.3. The number of aliphatic carboxylic acids is 1. The molecule has 3 aromatic carbocycles. The highest BCUT2D eigenvalue weighted by molar-refractivity contribution is 7.80. The summed E-state index contributed by atoms with van der Waals surface area (Å²) in [6, 6.07) is 0.275. The maximum absolute atomic E-state index is 15.1. The number of phenolic OH excluding ortho intramolecular Hbond substituents is 1. The Kier molecular flexibility index (Phi) is 34.9. The number of benzene rings is 3. The Balaban J connectivity index is 1.47. The molecular weight excluding hydrogens is 1480 g/mol. The van der Waals surface area contributed by atoms with Crippen LogP contribution in [0.25, 0.3) is 21.8 Å². The normalized spacial score (nSPS) is 14.4. The van der Waals surface area contributed by atoms with Crippen molar-refractivity contribution in [2.24, 2.45) is 28.9 Å². The topological polar surface area (TPSA) is 631 Å². The van der Waals surface area contributed by atoms with Gasteiger partial charge < -0.3 is 112 Å². The first kappa shape index (κ1) is 88.8. The number of carboxylic acids is 1.